The number of benzene rings is 1. The van der Waals surface area contributed by atoms with Gasteiger partial charge in [0.2, 0.25) is 5.91 Å². The van der Waals surface area contributed by atoms with Crippen LogP contribution in [0.25, 0.3) is 0 Å². The molecular formula is C16H26N2O. The van der Waals surface area contributed by atoms with Gasteiger partial charge < -0.3 is 10.6 Å². The van der Waals surface area contributed by atoms with Crippen molar-refractivity contribution < 1.29 is 4.79 Å². The van der Waals surface area contributed by atoms with E-state index >= 15 is 0 Å². The van der Waals surface area contributed by atoms with Crippen molar-refractivity contribution in [2.24, 2.45) is 0 Å². The third kappa shape index (κ3) is 6.27. The molecule has 0 fully saturated rings. The highest BCUT2D eigenvalue weighted by Gasteiger charge is 2.01. The van der Waals surface area contributed by atoms with Crippen molar-refractivity contribution >= 4 is 11.6 Å². The molecule has 1 amide bonds. The van der Waals surface area contributed by atoms with Crippen molar-refractivity contribution in [2.45, 2.75) is 46.0 Å². The first kappa shape index (κ1) is 15.5. The Labute approximate surface area is 116 Å². The number of hydrogen-bond acceptors (Lipinski definition) is 2. The summed E-state index contributed by atoms with van der Waals surface area (Å²) in [5, 5.41) is 6.06. The molecule has 0 aromatic heterocycles. The quantitative estimate of drug-likeness (QED) is 0.704. The van der Waals surface area contributed by atoms with Gasteiger partial charge in [0.05, 0.1) is 6.54 Å². The smallest absolute Gasteiger partial charge is 0.239 e. The molecule has 106 valence electrons. The van der Waals surface area contributed by atoms with Crippen molar-refractivity contribution in [2.75, 3.05) is 18.4 Å². The van der Waals surface area contributed by atoms with E-state index in [0.29, 0.717) is 12.5 Å². The topological polar surface area (TPSA) is 41.1 Å². The summed E-state index contributed by atoms with van der Waals surface area (Å²) in [6.45, 7) is 7.62. The Morgan fingerprint density at radius 2 is 1.84 bits per heavy atom. The molecule has 0 aliphatic carbocycles. The van der Waals surface area contributed by atoms with E-state index in [1.165, 1.54) is 18.4 Å². The summed E-state index contributed by atoms with van der Waals surface area (Å²) < 4.78 is 0. The fraction of sp³-hybridized carbons (Fsp3) is 0.562. The highest BCUT2D eigenvalue weighted by atomic mass is 16.1. The second-order valence-electron chi connectivity index (χ2n) is 5.19. The maximum Gasteiger partial charge on any atom is 0.239 e. The van der Waals surface area contributed by atoms with E-state index in [2.05, 4.69) is 43.5 Å². The lowest BCUT2D eigenvalue weighted by Crippen LogP contribution is -2.30. The number of rotatable bonds is 8. The summed E-state index contributed by atoms with van der Waals surface area (Å²) in [4.78, 5) is 11.6. The van der Waals surface area contributed by atoms with Crippen LogP contribution in [0, 0.1) is 0 Å². The Morgan fingerprint density at radius 3 is 2.42 bits per heavy atom. The highest BCUT2D eigenvalue weighted by Crippen LogP contribution is 2.16. The lowest BCUT2D eigenvalue weighted by molar-refractivity contribution is -0.119. The summed E-state index contributed by atoms with van der Waals surface area (Å²) in [6, 6.07) is 8.26. The first-order valence-electron chi connectivity index (χ1n) is 7.24. The van der Waals surface area contributed by atoms with Gasteiger partial charge in [-0.1, -0.05) is 45.7 Å². The molecule has 1 rings (SSSR count). The number of amides is 1. The van der Waals surface area contributed by atoms with Crippen LogP contribution >= 0.6 is 0 Å². The standard InChI is InChI=1S/C16H26N2O/c1-4-5-6-11-17-16(19)12-18-15-9-7-14(8-10-15)13(2)3/h7-10,13,18H,4-6,11-12H2,1-3H3,(H,17,19). The summed E-state index contributed by atoms with van der Waals surface area (Å²) >= 11 is 0. The number of carbonyl (C=O) groups is 1. The van der Waals surface area contributed by atoms with Gasteiger partial charge in [-0.05, 0) is 30.0 Å². The Hall–Kier alpha value is -1.51. The van der Waals surface area contributed by atoms with Gasteiger partial charge in [0, 0.05) is 12.2 Å². The largest absolute Gasteiger partial charge is 0.376 e. The van der Waals surface area contributed by atoms with Gasteiger partial charge in [-0.2, -0.15) is 0 Å². The van der Waals surface area contributed by atoms with E-state index in [4.69, 9.17) is 0 Å². The second kappa shape index (κ2) is 8.57. The van der Waals surface area contributed by atoms with Gasteiger partial charge in [0.15, 0.2) is 0 Å². The predicted molar refractivity (Wildman–Crippen MR) is 81.6 cm³/mol. The first-order valence-corrected chi connectivity index (χ1v) is 7.24. The SMILES string of the molecule is CCCCCNC(=O)CNc1ccc(C(C)C)cc1. The maximum absolute atomic E-state index is 11.6. The fourth-order valence-corrected chi connectivity index (χ4v) is 1.83. The van der Waals surface area contributed by atoms with Gasteiger partial charge in [-0.3, -0.25) is 4.79 Å². The number of anilines is 1. The van der Waals surface area contributed by atoms with Crippen LogP contribution in [0.2, 0.25) is 0 Å². The molecule has 0 aliphatic heterocycles. The van der Waals surface area contributed by atoms with Crippen LogP contribution in [0.1, 0.15) is 51.5 Å². The van der Waals surface area contributed by atoms with Crippen molar-refractivity contribution in [1.82, 2.24) is 5.32 Å². The number of hydrogen-bond donors (Lipinski definition) is 2. The molecule has 0 atom stereocenters. The van der Waals surface area contributed by atoms with Crippen LogP contribution in [0.5, 0.6) is 0 Å². The Bertz CT molecular complexity index is 371. The van der Waals surface area contributed by atoms with Crippen LogP contribution in [0.15, 0.2) is 24.3 Å². The molecular weight excluding hydrogens is 236 g/mol. The maximum atomic E-state index is 11.6. The summed E-state index contributed by atoms with van der Waals surface area (Å²) in [7, 11) is 0. The highest BCUT2D eigenvalue weighted by molar-refractivity contribution is 5.80. The zero-order valence-corrected chi connectivity index (χ0v) is 12.3. The first-order chi connectivity index (χ1) is 9.13. The molecule has 0 saturated heterocycles. The summed E-state index contributed by atoms with van der Waals surface area (Å²) in [6.07, 6.45) is 3.41. The minimum atomic E-state index is 0.0593. The van der Waals surface area contributed by atoms with E-state index in [1.807, 2.05) is 12.1 Å². The van der Waals surface area contributed by atoms with E-state index in [0.717, 1.165) is 18.7 Å². The summed E-state index contributed by atoms with van der Waals surface area (Å²) in [5.41, 5.74) is 2.31. The molecule has 0 bridgehead atoms. The van der Waals surface area contributed by atoms with E-state index in [9.17, 15) is 4.79 Å². The average Bonchev–Trinajstić information content (AvgIpc) is 2.42. The molecule has 1 aromatic carbocycles. The van der Waals surface area contributed by atoms with Crippen LogP contribution < -0.4 is 10.6 Å². The molecule has 1 aromatic rings. The van der Waals surface area contributed by atoms with E-state index in [-0.39, 0.29) is 5.91 Å². The predicted octanol–water partition coefficient (Wildman–Crippen LogP) is 3.53. The van der Waals surface area contributed by atoms with Crippen LogP contribution in [0.4, 0.5) is 5.69 Å². The molecule has 0 aliphatic rings. The fourth-order valence-electron chi connectivity index (χ4n) is 1.83. The van der Waals surface area contributed by atoms with Crippen LogP contribution in [-0.2, 0) is 4.79 Å². The van der Waals surface area contributed by atoms with E-state index in [1.54, 1.807) is 0 Å². The molecule has 0 radical (unpaired) electrons. The van der Waals surface area contributed by atoms with Crippen molar-refractivity contribution in [3.63, 3.8) is 0 Å². The van der Waals surface area contributed by atoms with Gasteiger partial charge in [0.25, 0.3) is 0 Å². The molecule has 0 spiro atoms. The minimum Gasteiger partial charge on any atom is -0.376 e. The Kier molecular flexibility index (Phi) is 7.01. The average molecular weight is 262 g/mol. The van der Waals surface area contributed by atoms with Crippen LogP contribution in [-0.4, -0.2) is 19.0 Å². The molecule has 2 N–H and O–H groups in total. The third-order valence-corrected chi connectivity index (χ3v) is 3.13. The van der Waals surface area contributed by atoms with Gasteiger partial charge >= 0.3 is 0 Å². The number of unbranched alkanes of at least 4 members (excludes halogenated alkanes) is 2. The number of nitrogens with one attached hydrogen (secondary N) is 2. The lowest BCUT2D eigenvalue weighted by atomic mass is 10.0. The zero-order valence-electron chi connectivity index (χ0n) is 12.3. The molecule has 0 unspecified atom stereocenters. The van der Waals surface area contributed by atoms with Crippen molar-refractivity contribution in [3.8, 4) is 0 Å². The van der Waals surface area contributed by atoms with Gasteiger partial charge in [-0.15, -0.1) is 0 Å². The minimum absolute atomic E-state index is 0.0593. The Morgan fingerprint density at radius 1 is 1.16 bits per heavy atom. The molecule has 3 heteroatoms. The Balaban J connectivity index is 2.26. The second-order valence-corrected chi connectivity index (χ2v) is 5.19. The monoisotopic (exact) mass is 262 g/mol. The lowest BCUT2D eigenvalue weighted by Gasteiger charge is -2.09. The summed E-state index contributed by atoms with van der Waals surface area (Å²) in [5.74, 6) is 0.597. The van der Waals surface area contributed by atoms with Crippen molar-refractivity contribution in [3.05, 3.63) is 29.8 Å². The van der Waals surface area contributed by atoms with Gasteiger partial charge in [-0.25, -0.2) is 0 Å². The zero-order chi connectivity index (χ0) is 14.1. The van der Waals surface area contributed by atoms with Crippen LogP contribution in [0.3, 0.4) is 0 Å². The van der Waals surface area contributed by atoms with Gasteiger partial charge in [0.1, 0.15) is 0 Å². The molecule has 0 heterocycles. The van der Waals surface area contributed by atoms with E-state index < -0.39 is 0 Å². The normalized spacial score (nSPS) is 10.5. The molecule has 3 nitrogen and oxygen atoms in total. The van der Waals surface area contributed by atoms with Crippen molar-refractivity contribution in [1.29, 1.82) is 0 Å². The third-order valence-electron chi connectivity index (χ3n) is 3.13. The molecule has 0 saturated carbocycles. The molecule has 19 heavy (non-hydrogen) atoms. The number of carbonyl (C=O) groups excluding carboxylic acids is 1.